The van der Waals surface area contributed by atoms with E-state index in [4.69, 9.17) is 4.74 Å². The first-order valence-electron chi connectivity index (χ1n) is 7.59. The van der Waals surface area contributed by atoms with Crippen LogP contribution in [0.15, 0.2) is 54.7 Å². The number of fused-ring (bicyclic) bond motifs is 1. The van der Waals surface area contributed by atoms with Gasteiger partial charge in [0.05, 0.1) is 7.11 Å². The van der Waals surface area contributed by atoms with E-state index in [1.54, 1.807) is 13.2 Å². The lowest BCUT2D eigenvalue weighted by Crippen LogP contribution is -1.98. The number of hydrogen-bond acceptors (Lipinski definition) is 3. The molecule has 1 heterocycles. The van der Waals surface area contributed by atoms with Gasteiger partial charge in [0.2, 0.25) is 0 Å². The molecular formula is C20H17NO3. The Labute approximate surface area is 140 Å². The van der Waals surface area contributed by atoms with E-state index in [0.29, 0.717) is 24.1 Å². The van der Waals surface area contributed by atoms with Gasteiger partial charge in [0.1, 0.15) is 12.0 Å². The minimum absolute atomic E-state index is 0.574. The highest BCUT2D eigenvalue weighted by molar-refractivity contribution is 6.04. The number of methoxy groups -OCH3 is 1. The second kappa shape index (κ2) is 6.96. The first kappa shape index (κ1) is 15.7. The summed E-state index contributed by atoms with van der Waals surface area (Å²) in [5.41, 5.74) is 3.38. The highest BCUT2D eigenvalue weighted by atomic mass is 16.5. The van der Waals surface area contributed by atoms with Gasteiger partial charge in [0.15, 0.2) is 6.29 Å². The van der Waals surface area contributed by atoms with Gasteiger partial charge in [-0.3, -0.25) is 9.59 Å². The van der Waals surface area contributed by atoms with E-state index in [9.17, 15) is 9.59 Å². The number of carbonyl (C=O) groups is 2. The van der Waals surface area contributed by atoms with Crippen molar-refractivity contribution >= 4 is 29.6 Å². The molecule has 1 aromatic heterocycles. The molecular weight excluding hydrogens is 302 g/mol. The summed E-state index contributed by atoms with van der Waals surface area (Å²) >= 11 is 0. The SMILES string of the molecule is COc1ccc2c(c(C=O)cn2Cc2ccccc2)c1/C=C/C=O. The van der Waals surface area contributed by atoms with Crippen molar-refractivity contribution in [2.24, 2.45) is 0 Å². The second-order valence-electron chi connectivity index (χ2n) is 5.39. The Morgan fingerprint density at radius 3 is 2.54 bits per heavy atom. The number of ether oxygens (including phenoxy) is 1. The van der Waals surface area contributed by atoms with E-state index >= 15 is 0 Å². The Bertz CT molecular complexity index is 908. The first-order valence-corrected chi connectivity index (χ1v) is 7.59. The average Bonchev–Trinajstić information content (AvgIpc) is 2.98. The summed E-state index contributed by atoms with van der Waals surface area (Å²) < 4.78 is 7.42. The van der Waals surface area contributed by atoms with Gasteiger partial charge >= 0.3 is 0 Å². The Kier molecular flexibility index (Phi) is 4.57. The van der Waals surface area contributed by atoms with E-state index in [0.717, 1.165) is 28.3 Å². The third-order valence-electron chi connectivity index (χ3n) is 3.96. The molecule has 0 spiro atoms. The minimum Gasteiger partial charge on any atom is -0.496 e. The molecule has 24 heavy (non-hydrogen) atoms. The monoisotopic (exact) mass is 319 g/mol. The maximum atomic E-state index is 11.6. The van der Waals surface area contributed by atoms with Crippen LogP contribution in [0.2, 0.25) is 0 Å². The fourth-order valence-corrected chi connectivity index (χ4v) is 2.91. The normalized spacial score (nSPS) is 11.0. The lowest BCUT2D eigenvalue weighted by molar-refractivity contribution is -0.104. The van der Waals surface area contributed by atoms with Crippen molar-refractivity contribution in [1.82, 2.24) is 4.57 Å². The van der Waals surface area contributed by atoms with E-state index in [1.807, 2.05) is 53.2 Å². The van der Waals surface area contributed by atoms with Gasteiger partial charge < -0.3 is 9.30 Å². The molecule has 0 atom stereocenters. The van der Waals surface area contributed by atoms with Crippen LogP contribution in [0.5, 0.6) is 5.75 Å². The Morgan fingerprint density at radius 2 is 1.88 bits per heavy atom. The lowest BCUT2D eigenvalue weighted by Gasteiger charge is -2.09. The number of allylic oxidation sites excluding steroid dienone is 1. The highest BCUT2D eigenvalue weighted by Gasteiger charge is 2.15. The molecule has 4 nitrogen and oxygen atoms in total. The summed E-state index contributed by atoms with van der Waals surface area (Å²) in [6, 6.07) is 13.8. The maximum absolute atomic E-state index is 11.6. The molecule has 0 aliphatic carbocycles. The molecule has 0 aliphatic heterocycles. The smallest absolute Gasteiger partial charge is 0.152 e. The van der Waals surface area contributed by atoms with Gasteiger partial charge in [-0.2, -0.15) is 0 Å². The van der Waals surface area contributed by atoms with Crippen molar-refractivity contribution in [3.8, 4) is 5.75 Å². The second-order valence-corrected chi connectivity index (χ2v) is 5.39. The maximum Gasteiger partial charge on any atom is 0.152 e. The topological polar surface area (TPSA) is 48.3 Å². The van der Waals surface area contributed by atoms with E-state index in [-0.39, 0.29) is 0 Å². The van der Waals surface area contributed by atoms with Gasteiger partial charge in [-0.05, 0) is 29.8 Å². The van der Waals surface area contributed by atoms with Crippen LogP contribution in [0.3, 0.4) is 0 Å². The van der Waals surface area contributed by atoms with Gasteiger partial charge in [0.25, 0.3) is 0 Å². The number of rotatable bonds is 6. The van der Waals surface area contributed by atoms with Crippen LogP contribution < -0.4 is 4.74 Å². The van der Waals surface area contributed by atoms with Crippen LogP contribution >= 0.6 is 0 Å². The van der Waals surface area contributed by atoms with E-state index in [1.165, 1.54) is 6.08 Å². The number of carbonyl (C=O) groups excluding carboxylic acids is 2. The highest BCUT2D eigenvalue weighted by Crippen LogP contribution is 2.32. The summed E-state index contributed by atoms with van der Waals surface area (Å²) in [7, 11) is 1.57. The number of aldehydes is 2. The quantitative estimate of drug-likeness (QED) is 0.514. The molecule has 0 saturated heterocycles. The molecule has 3 aromatic rings. The van der Waals surface area contributed by atoms with E-state index in [2.05, 4.69) is 0 Å². The summed E-state index contributed by atoms with van der Waals surface area (Å²) in [5, 5.41) is 0.790. The number of nitrogens with zero attached hydrogens (tertiary/aromatic N) is 1. The number of benzene rings is 2. The summed E-state index contributed by atoms with van der Waals surface area (Å²) in [6.45, 7) is 0.661. The standard InChI is InChI=1S/C20H17NO3/c1-24-19-10-9-18-20(17(19)8-5-11-22)16(14-23)13-21(18)12-15-6-3-2-4-7-15/h2-11,13-14H,12H2,1H3/b8-5+. The fraction of sp³-hybridized carbons (Fsp3) is 0.100. The van der Waals surface area contributed by atoms with Crippen molar-refractivity contribution in [3.63, 3.8) is 0 Å². The number of hydrogen-bond donors (Lipinski definition) is 0. The van der Waals surface area contributed by atoms with Crippen molar-refractivity contribution < 1.29 is 14.3 Å². The minimum atomic E-state index is 0.574. The predicted octanol–water partition coefficient (Wildman–Crippen LogP) is 3.72. The van der Waals surface area contributed by atoms with Crippen LogP contribution in [-0.2, 0) is 11.3 Å². The first-order chi connectivity index (χ1) is 11.8. The van der Waals surface area contributed by atoms with Crippen molar-refractivity contribution in [1.29, 1.82) is 0 Å². The van der Waals surface area contributed by atoms with Gasteiger partial charge in [-0.15, -0.1) is 0 Å². The Morgan fingerprint density at radius 1 is 1.08 bits per heavy atom. The molecule has 120 valence electrons. The molecule has 0 bridgehead atoms. The van der Waals surface area contributed by atoms with Crippen molar-refractivity contribution in [2.45, 2.75) is 6.54 Å². The zero-order chi connectivity index (χ0) is 16.9. The van der Waals surface area contributed by atoms with E-state index < -0.39 is 0 Å². The molecule has 0 N–H and O–H groups in total. The number of aromatic nitrogens is 1. The van der Waals surface area contributed by atoms with Gasteiger partial charge in [-0.25, -0.2) is 0 Å². The molecule has 0 saturated carbocycles. The molecule has 0 fully saturated rings. The molecule has 3 rings (SSSR count). The summed E-state index contributed by atoms with van der Waals surface area (Å²) in [5.74, 6) is 0.626. The average molecular weight is 319 g/mol. The van der Waals surface area contributed by atoms with Crippen LogP contribution in [0, 0.1) is 0 Å². The third-order valence-corrected chi connectivity index (χ3v) is 3.96. The molecule has 0 unspecified atom stereocenters. The zero-order valence-corrected chi connectivity index (χ0v) is 13.3. The van der Waals surface area contributed by atoms with Crippen LogP contribution in [0.1, 0.15) is 21.5 Å². The molecule has 0 aliphatic rings. The molecule has 4 heteroatoms. The van der Waals surface area contributed by atoms with Crippen LogP contribution in [0.25, 0.3) is 17.0 Å². The summed E-state index contributed by atoms with van der Waals surface area (Å²) in [6.07, 6.45) is 6.46. The zero-order valence-electron chi connectivity index (χ0n) is 13.3. The largest absolute Gasteiger partial charge is 0.496 e. The Hall–Kier alpha value is -3.14. The molecule has 2 aromatic carbocycles. The van der Waals surface area contributed by atoms with Crippen molar-refractivity contribution in [3.05, 3.63) is 71.4 Å². The van der Waals surface area contributed by atoms with Gasteiger partial charge in [0, 0.05) is 34.8 Å². The fourth-order valence-electron chi connectivity index (χ4n) is 2.91. The Balaban J connectivity index is 2.21. The lowest BCUT2D eigenvalue weighted by atomic mass is 10.0. The molecule has 0 amide bonds. The van der Waals surface area contributed by atoms with Gasteiger partial charge in [-0.1, -0.05) is 30.3 Å². The third kappa shape index (κ3) is 2.86. The van der Waals surface area contributed by atoms with Crippen LogP contribution in [-0.4, -0.2) is 24.2 Å². The predicted molar refractivity (Wildman–Crippen MR) is 94.5 cm³/mol. The molecule has 0 radical (unpaired) electrons. The van der Waals surface area contributed by atoms with Crippen LogP contribution in [0.4, 0.5) is 0 Å². The summed E-state index contributed by atoms with van der Waals surface area (Å²) in [4.78, 5) is 22.3. The van der Waals surface area contributed by atoms with Crippen molar-refractivity contribution in [2.75, 3.05) is 7.11 Å².